The SMILES string of the molecule is C[C@H](Cn1cncn1)C(=O)Nc1nc2c(s1)CCCCCC2. The fourth-order valence-electron chi connectivity index (χ4n) is 2.68. The normalized spacial score (nSPS) is 16.4. The molecule has 2 aromatic rings. The lowest BCUT2D eigenvalue weighted by Crippen LogP contribution is -2.24. The van der Waals surface area contributed by atoms with Crippen LogP contribution in [-0.4, -0.2) is 25.7 Å². The van der Waals surface area contributed by atoms with Crippen LogP contribution in [0.3, 0.4) is 0 Å². The van der Waals surface area contributed by atoms with E-state index in [1.165, 1.54) is 42.6 Å². The summed E-state index contributed by atoms with van der Waals surface area (Å²) in [5.74, 6) is -0.189. The third-order valence-corrected chi connectivity index (χ3v) is 5.02. The Balaban J connectivity index is 1.62. The van der Waals surface area contributed by atoms with Gasteiger partial charge in [0.15, 0.2) is 5.13 Å². The quantitative estimate of drug-likeness (QED) is 0.940. The molecule has 22 heavy (non-hydrogen) atoms. The number of carbonyl (C=O) groups excluding carboxylic acids is 1. The van der Waals surface area contributed by atoms with Crippen molar-refractivity contribution in [3.05, 3.63) is 23.2 Å². The Hall–Kier alpha value is -1.76. The van der Waals surface area contributed by atoms with Gasteiger partial charge in [0, 0.05) is 4.88 Å². The van der Waals surface area contributed by atoms with Crippen molar-refractivity contribution in [3.8, 4) is 0 Å². The second kappa shape index (κ2) is 7.00. The monoisotopic (exact) mass is 319 g/mol. The molecule has 2 heterocycles. The zero-order chi connectivity index (χ0) is 15.4. The number of carbonyl (C=O) groups is 1. The molecular formula is C15H21N5OS. The van der Waals surface area contributed by atoms with Gasteiger partial charge in [0.1, 0.15) is 12.7 Å². The summed E-state index contributed by atoms with van der Waals surface area (Å²) in [6.07, 6.45) is 10.2. The molecule has 6 nitrogen and oxygen atoms in total. The van der Waals surface area contributed by atoms with Crippen LogP contribution in [0.4, 0.5) is 5.13 Å². The lowest BCUT2D eigenvalue weighted by Gasteiger charge is -2.10. The van der Waals surface area contributed by atoms with E-state index in [1.807, 2.05) is 6.92 Å². The lowest BCUT2D eigenvalue weighted by molar-refractivity contribution is -0.119. The molecule has 0 saturated carbocycles. The molecule has 1 amide bonds. The Kier molecular flexibility index (Phi) is 4.82. The number of rotatable bonds is 4. The summed E-state index contributed by atoms with van der Waals surface area (Å²) >= 11 is 1.63. The number of fused-ring (bicyclic) bond motifs is 1. The zero-order valence-corrected chi connectivity index (χ0v) is 13.6. The summed E-state index contributed by atoms with van der Waals surface area (Å²) in [4.78, 5) is 22.1. The highest BCUT2D eigenvalue weighted by molar-refractivity contribution is 7.15. The molecule has 1 N–H and O–H groups in total. The van der Waals surface area contributed by atoms with Crippen molar-refractivity contribution in [1.82, 2.24) is 19.7 Å². The van der Waals surface area contributed by atoms with Gasteiger partial charge in [-0.25, -0.2) is 9.97 Å². The molecule has 0 unspecified atom stereocenters. The molecular weight excluding hydrogens is 298 g/mol. The third-order valence-electron chi connectivity index (χ3n) is 3.95. The minimum Gasteiger partial charge on any atom is -0.302 e. The first-order chi connectivity index (χ1) is 10.7. The summed E-state index contributed by atoms with van der Waals surface area (Å²) in [5, 5.41) is 7.73. The number of hydrogen-bond acceptors (Lipinski definition) is 5. The van der Waals surface area contributed by atoms with Gasteiger partial charge in [-0.2, -0.15) is 5.10 Å². The van der Waals surface area contributed by atoms with Gasteiger partial charge in [-0.15, -0.1) is 11.3 Å². The van der Waals surface area contributed by atoms with Crippen LogP contribution in [0.5, 0.6) is 0 Å². The first-order valence-electron chi connectivity index (χ1n) is 7.84. The van der Waals surface area contributed by atoms with Crippen LogP contribution in [0, 0.1) is 5.92 Å². The molecule has 1 atom stereocenters. The second-order valence-corrected chi connectivity index (χ2v) is 6.89. The van der Waals surface area contributed by atoms with Crippen molar-refractivity contribution in [2.45, 2.75) is 52.0 Å². The van der Waals surface area contributed by atoms with E-state index in [2.05, 4.69) is 20.4 Å². The maximum atomic E-state index is 12.3. The smallest absolute Gasteiger partial charge is 0.230 e. The maximum absolute atomic E-state index is 12.3. The number of nitrogens with one attached hydrogen (secondary N) is 1. The minimum absolute atomic E-state index is 0.0165. The Morgan fingerprint density at radius 1 is 1.36 bits per heavy atom. The molecule has 1 aliphatic rings. The fourth-order valence-corrected chi connectivity index (χ4v) is 3.73. The number of hydrogen-bond donors (Lipinski definition) is 1. The molecule has 0 aliphatic heterocycles. The summed E-state index contributed by atoms with van der Waals surface area (Å²) in [6.45, 7) is 2.41. The largest absolute Gasteiger partial charge is 0.302 e. The predicted octanol–water partition coefficient (Wildman–Crippen LogP) is 2.67. The summed E-state index contributed by atoms with van der Waals surface area (Å²) in [5.41, 5.74) is 1.18. The molecule has 0 aromatic carbocycles. The highest BCUT2D eigenvalue weighted by Gasteiger charge is 2.18. The van der Waals surface area contributed by atoms with Gasteiger partial charge in [0.2, 0.25) is 5.91 Å². The predicted molar refractivity (Wildman–Crippen MR) is 85.8 cm³/mol. The van der Waals surface area contributed by atoms with Crippen LogP contribution >= 0.6 is 11.3 Å². The van der Waals surface area contributed by atoms with Crippen LogP contribution in [0.2, 0.25) is 0 Å². The van der Waals surface area contributed by atoms with Crippen LogP contribution < -0.4 is 5.32 Å². The van der Waals surface area contributed by atoms with Crippen molar-refractivity contribution in [2.24, 2.45) is 5.92 Å². The van der Waals surface area contributed by atoms with Gasteiger partial charge in [-0.05, 0) is 25.7 Å². The topological polar surface area (TPSA) is 72.7 Å². The molecule has 2 aromatic heterocycles. The second-order valence-electron chi connectivity index (χ2n) is 5.81. The van der Waals surface area contributed by atoms with E-state index in [-0.39, 0.29) is 11.8 Å². The molecule has 0 spiro atoms. The molecule has 118 valence electrons. The Morgan fingerprint density at radius 3 is 2.95 bits per heavy atom. The van der Waals surface area contributed by atoms with Gasteiger partial charge in [0.25, 0.3) is 0 Å². The van der Waals surface area contributed by atoms with Crippen molar-refractivity contribution >= 4 is 22.4 Å². The van der Waals surface area contributed by atoms with Crippen molar-refractivity contribution < 1.29 is 4.79 Å². The van der Waals surface area contributed by atoms with E-state index in [1.54, 1.807) is 22.3 Å². The average Bonchev–Trinajstić information content (AvgIpc) is 3.09. The van der Waals surface area contributed by atoms with Crippen molar-refractivity contribution in [2.75, 3.05) is 5.32 Å². The number of thiazole rings is 1. The molecule has 3 rings (SSSR count). The van der Waals surface area contributed by atoms with Crippen molar-refractivity contribution in [3.63, 3.8) is 0 Å². The Bertz CT molecular complexity index is 596. The standard InChI is InChI=1S/C15H21N5OS/c1-11(8-20-10-16-9-17-20)14(21)19-15-18-12-6-4-2-3-5-7-13(12)22-15/h9-11H,2-8H2,1H3,(H,18,19,21)/t11-/m1/s1. The number of nitrogens with zero attached hydrogens (tertiary/aromatic N) is 4. The van der Waals surface area contributed by atoms with Gasteiger partial charge in [0.05, 0.1) is 18.2 Å². The first-order valence-corrected chi connectivity index (χ1v) is 8.66. The van der Waals surface area contributed by atoms with Gasteiger partial charge in [-0.3, -0.25) is 9.48 Å². The minimum atomic E-state index is -0.173. The number of amides is 1. The molecule has 0 fully saturated rings. The van der Waals surface area contributed by atoms with Crippen LogP contribution in [0.1, 0.15) is 43.2 Å². The molecule has 0 radical (unpaired) electrons. The molecule has 7 heteroatoms. The number of anilines is 1. The van der Waals surface area contributed by atoms with E-state index >= 15 is 0 Å². The summed E-state index contributed by atoms with van der Waals surface area (Å²) < 4.78 is 1.67. The lowest BCUT2D eigenvalue weighted by atomic mass is 10.0. The molecule has 0 bridgehead atoms. The van der Waals surface area contributed by atoms with Crippen LogP contribution in [0.25, 0.3) is 0 Å². The fraction of sp³-hybridized carbons (Fsp3) is 0.600. The average molecular weight is 319 g/mol. The third kappa shape index (κ3) is 3.71. The molecule has 0 saturated heterocycles. The number of aryl methyl sites for hydroxylation is 2. The molecule has 1 aliphatic carbocycles. The Labute approximate surface area is 134 Å². The Morgan fingerprint density at radius 2 is 2.18 bits per heavy atom. The van der Waals surface area contributed by atoms with E-state index < -0.39 is 0 Å². The highest BCUT2D eigenvalue weighted by atomic mass is 32.1. The van der Waals surface area contributed by atoms with E-state index in [0.717, 1.165) is 18.0 Å². The summed E-state index contributed by atoms with van der Waals surface area (Å²) in [6, 6.07) is 0. The zero-order valence-electron chi connectivity index (χ0n) is 12.8. The van der Waals surface area contributed by atoms with Gasteiger partial charge in [-0.1, -0.05) is 19.8 Å². The maximum Gasteiger partial charge on any atom is 0.230 e. The number of aromatic nitrogens is 4. The van der Waals surface area contributed by atoms with Crippen LogP contribution in [0.15, 0.2) is 12.7 Å². The van der Waals surface area contributed by atoms with Gasteiger partial charge < -0.3 is 5.32 Å². The van der Waals surface area contributed by atoms with Crippen molar-refractivity contribution in [1.29, 1.82) is 0 Å². The van der Waals surface area contributed by atoms with E-state index in [0.29, 0.717) is 6.54 Å². The highest BCUT2D eigenvalue weighted by Crippen LogP contribution is 2.28. The first kappa shape index (κ1) is 15.1. The van der Waals surface area contributed by atoms with E-state index in [4.69, 9.17) is 0 Å². The summed E-state index contributed by atoms with van der Waals surface area (Å²) in [7, 11) is 0. The van der Waals surface area contributed by atoms with Crippen LogP contribution in [-0.2, 0) is 24.2 Å². The van der Waals surface area contributed by atoms with Gasteiger partial charge >= 0.3 is 0 Å². The van der Waals surface area contributed by atoms with E-state index in [9.17, 15) is 4.79 Å².